The number of anilines is 1. The van der Waals surface area contributed by atoms with Crippen LogP contribution in [-0.4, -0.2) is 19.5 Å². The van der Waals surface area contributed by atoms with Gasteiger partial charge in [-0.3, -0.25) is 4.55 Å². The van der Waals surface area contributed by atoms with Crippen LogP contribution in [0.5, 0.6) is 0 Å². The molecule has 13 heavy (non-hydrogen) atoms. The van der Waals surface area contributed by atoms with E-state index in [4.69, 9.17) is 4.55 Å². The third-order valence-corrected chi connectivity index (χ3v) is 2.64. The van der Waals surface area contributed by atoms with Crippen molar-refractivity contribution in [3.8, 4) is 0 Å². The highest BCUT2D eigenvalue weighted by Crippen LogP contribution is 2.15. The summed E-state index contributed by atoms with van der Waals surface area (Å²) in [5.41, 5.74) is 0.465. The summed E-state index contributed by atoms with van der Waals surface area (Å²) >= 11 is 0. The fraction of sp³-hybridized carbons (Fsp3) is 0.250. The zero-order valence-electron chi connectivity index (χ0n) is 7.21. The molecular formula is C8H11NO3S. The van der Waals surface area contributed by atoms with Crippen LogP contribution >= 0.6 is 0 Å². The van der Waals surface area contributed by atoms with E-state index in [0.717, 1.165) is 4.31 Å². The monoisotopic (exact) mass is 201 g/mol. The predicted octanol–water partition coefficient (Wildman–Crippen LogP) is 1.32. The number of benzene rings is 1. The summed E-state index contributed by atoms with van der Waals surface area (Å²) in [6.45, 7) is 1.86. The molecule has 0 aliphatic rings. The second kappa shape index (κ2) is 3.76. The maximum absolute atomic E-state index is 10.8. The Kier molecular flexibility index (Phi) is 2.90. The molecule has 0 fully saturated rings. The fourth-order valence-electron chi connectivity index (χ4n) is 1.07. The lowest BCUT2D eigenvalue weighted by Crippen LogP contribution is -2.29. The van der Waals surface area contributed by atoms with Gasteiger partial charge >= 0.3 is 10.3 Å². The first-order valence-electron chi connectivity index (χ1n) is 3.86. The molecule has 0 amide bonds. The zero-order chi connectivity index (χ0) is 9.90. The molecule has 0 aliphatic carbocycles. The van der Waals surface area contributed by atoms with Gasteiger partial charge in [0.05, 0.1) is 5.69 Å². The molecule has 0 spiro atoms. The molecule has 0 saturated heterocycles. The van der Waals surface area contributed by atoms with Gasteiger partial charge in [-0.15, -0.1) is 0 Å². The lowest BCUT2D eigenvalue weighted by Gasteiger charge is -2.18. The zero-order valence-corrected chi connectivity index (χ0v) is 8.03. The first-order chi connectivity index (χ1) is 6.05. The van der Waals surface area contributed by atoms with Gasteiger partial charge in [0.1, 0.15) is 0 Å². The SMILES string of the molecule is CCN(c1ccccc1)S(=O)(=O)O. The second-order valence-electron chi connectivity index (χ2n) is 2.48. The van der Waals surface area contributed by atoms with E-state index < -0.39 is 10.3 Å². The van der Waals surface area contributed by atoms with Crippen molar-refractivity contribution in [1.29, 1.82) is 0 Å². The Hall–Kier alpha value is -1.07. The van der Waals surface area contributed by atoms with Crippen molar-refractivity contribution in [3.63, 3.8) is 0 Å². The number of hydrogen-bond acceptors (Lipinski definition) is 2. The number of rotatable bonds is 3. The van der Waals surface area contributed by atoms with Crippen LogP contribution in [0.2, 0.25) is 0 Å². The molecule has 4 nitrogen and oxygen atoms in total. The molecule has 1 aromatic carbocycles. The molecule has 0 radical (unpaired) electrons. The van der Waals surface area contributed by atoms with E-state index in [-0.39, 0.29) is 6.54 Å². The second-order valence-corrected chi connectivity index (χ2v) is 3.81. The molecule has 0 saturated carbocycles. The predicted molar refractivity (Wildman–Crippen MR) is 51.0 cm³/mol. The molecule has 1 N–H and O–H groups in total. The molecule has 72 valence electrons. The van der Waals surface area contributed by atoms with E-state index in [9.17, 15) is 8.42 Å². The van der Waals surface area contributed by atoms with E-state index in [1.54, 1.807) is 37.3 Å². The lowest BCUT2D eigenvalue weighted by atomic mass is 10.3. The van der Waals surface area contributed by atoms with Gasteiger partial charge in [-0.25, -0.2) is 4.31 Å². The minimum Gasteiger partial charge on any atom is -0.269 e. The van der Waals surface area contributed by atoms with Crippen LogP contribution in [0.25, 0.3) is 0 Å². The van der Waals surface area contributed by atoms with E-state index in [2.05, 4.69) is 0 Å². The average Bonchev–Trinajstić information content (AvgIpc) is 2.05. The van der Waals surface area contributed by atoms with Crippen LogP contribution in [0, 0.1) is 0 Å². The lowest BCUT2D eigenvalue weighted by molar-refractivity contribution is 0.479. The quantitative estimate of drug-likeness (QED) is 0.750. The highest BCUT2D eigenvalue weighted by atomic mass is 32.2. The molecular weight excluding hydrogens is 190 g/mol. The van der Waals surface area contributed by atoms with Gasteiger partial charge in [0.2, 0.25) is 0 Å². The third kappa shape index (κ3) is 2.43. The molecule has 0 aromatic heterocycles. The molecule has 0 atom stereocenters. The minimum absolute atomic E-state index is 0.211. The van der Waals surface area contributed by atoms with Gasteiger partial charge < -0.3 is 0 Å². The normalized spacial score (nSPS) is 11.2. The van der Waals surface area contributed by atoms with Crippen molar-refractivity contribution >= 4 is 16.0 Å². The van der Waals surface area contributed by atoms with E-state index in [1.165, 1.54) is 0 Å². The van der Waals surface area contributed by atoms with Crippen LogP contribution in [0.15, 0.2) is 30.3 Å². The standard InChI is InChI=1S/C8H11NO3S/c1-2-9(13(10,11)12)8-6-4-3-5-7-8/h3-7H,2H2,1H3,(H,10,11,12). The maximum atomic E-state index is 10.8. The van der Waals surface area contributed by atoms with E-state index in [0.29, 0.717) is 5.69 Å². The van der Waals surface area contributed by atoms with Crippen LogP contribution in [0.3, 0.4) is 0 Å². The van der Waals surface area contributed by atoms with Crippen LogP contribution < -0.4 is 4.31 Å². The molecule has 0 bridgehead atoms. The van der Waals surface area contributed by atoms with Crippen LogP contribution in [-0.2, 0) is 10.3 Å². The topological polar surface area (TPSA) is 57.6 Å². The summed E-state index contributed by atoms with van der Waals surface area (Å²) in [6, 6.07) is 8.45. The van der Waals surface area contributed by atoms with Gasteiger partial charge in [0.15, 0.2) is 0 Å². The molecule has 1 rings (SSSR count). The van der Waals surface area contributed by atoms with Gasteiger partial charge in [-0.2, -0.15) is 8.42 Å². The summed E-state index contributed by atoms with van der Waals surface area (Å²) in [7, 11) is -4.13. The Morgan fingerprint density at radius 1 is 1.31 bits per heavy atom. The third-order valence-electron chi connectivity index (χ3n) is 1.61. The largest absolute Gasteiger partial charge is 0.359 e. The van der Waals surface area contributed by atoms with Crippen molar-refractivity contribution in [1.82, 2.24) is 0 Å². The van der Waals surface area contributed by atoms with Gasteiger partial charge in [0.25, 0.3) is 0 Å². The summed E-state index contributed by atoms with van der Waals surface area (Å²) in [5.74, 6) is 0. The molecule has 0 heterocycles. The first-order valence-corrected chi connectivity index (χ1v) is 5.25. The van der Waals surface area contributed by atoms with E-state index >= 15 is 0 Å². The van der Waals surface area contributed by atoms with Crippen molar-refractivity contribution in [2.75, 3.05) is 10.8 Å². The Morgan fingerprint density at radius 3 is 2.23 bits per heavy atom. The Morgan fingerprint density at radius 2 is 1.85 bits per heavy atom. The molecule has 0 unspecified atom stereocenters. The van der Waals surface area contributed by atoms with Gasteiger partial charge in [-0.05, 0) is 19.1 Å². The van der Waals surface area contributed by atoms with Crippen LogP contribution in [0.4, 0.5) is 5.69 Å². The average molecular weight is 201 g/mol. The molecule has 1 aromatic rings. The minimum atomic E-state index is -4.13. The van der Waals surface area contributed by atoms with Crippen molar-refractivity contribution in [3.05, 3.63) is 30.3 Å². The Balaban J connectivity index is 3.06. The Labute approximate surface area is 77.7 Å². The fourth-order valence-corrected chi connectivity index (χ4v) is 1.79. The molecule has 0 aliphatic heterocycles. The van der Waals surface area contributed by atoms with Crippen molar-refractivity contribution < 1.29 is 13.0 Å². The summed E-state index contributed by atoms with van der Waals surface area (Å²) in [5, 5.41) is 0. The van der Waals surface area contributed by atoms with Gasteiger partial charge in [-0.1, -0.05) is 18.2 Å². The van der Waals surface area contributed by atoms with E-state index in [1.807, 2.05) is 0 Å². The number of para-hydroxylation sites is 1. The summed E-state index contributed by atoms with van der Waals surface area (Å²) in [6.07, 6.45) is 0. The van der Waals surface area contributed by atoms with Gasteiger partial charge in [0, 0.05) is 6.54 Å². The number of nitrogens with zero attached hydrogens (tertiary/aromatic N) is 1. The van der Waals surface area contributed by atoms with Crippen molar-refractivity contribution in [2.45, 2.75) is 6.92 Å². The Bertz CT molecular complexity index is 360. The smallest absolute Gasteiger partial charge is 0.269 e. The van der Waals surface area contributed by atoms with Crippen molar-refractivity contribution in [2.24, 2.45) is 0 Å². The first kappa shape index (κ1) is 10.0. The highest BCUT2D eigenvalue weighted by molar-refractivity contribution is 7.87. The maximum Gasteiger partial charge on any atom is 0.359 e. The highest BCUT2D eigenvalue weighted by Gasteiger charge is 2.16. The summed E-state index contributed by atoms with van der Waals surface area (Å²) in [4.78, 5) is 0. The van der Waals surface area contributed by atoms with Crippen LogP contribution in [0.1, 0.15) is 6.92 Å². The number of hydrogen-bond donors (Lipinski definition) is 1. The molecule has 5 heteroatoms. The summed E-state index contributed by atoms with van der Waals surface area (Å²) < 4.78 is 31.4.